The van der Waals surface area contributed by atoms with Crippen molar-refractivity contribution in [3.8, 4) is 0 Å². The lowest BCUT2D eigenvalue weighted by Gasteiger charge is -2.17. The minimum Gasteiger partial charge on any atom is -0.464 e. The van der Waals surface area contributed by atoms with Gasteiger partial charge in [-0.05, 0) is 24.1 Å². The van der Waals surface area contributed by atoms with Gasteiger partial charge in [-0.1, -0.05) is 18.2 Å². The first-order chi connectivity index (χ1) is 9.13. The van der Waals surface area contributed by atoms with Crippen LogP contribution in [0.15, 0.2) is 24.3 Å². The molecule has 1 N–H and O–H groups in total. The predicted molar refractivity (Wildman–Crippen MR) is 69.7 cm³/mol. The molecule has 2 unspecified atom stereocenters. The molecule has 0 saturated heterocycles. The van der Waals surface area contributed by atoms with E-state index < -0.39 is 12.1 Å². The van der Waals surface area contributed by atoms with Crippen LogP contribution in [0.25, 0.3) is 0 Å². The summed E-state index contributed by atoms with van der Waals surface area (Å²) in [5, 5.41) is 9.88. The van der Waals surface area contributed by atoms with Gasteiger partial charge in [0, 0.05) is 14.2 Å². The summed E-state index contributed by atoms with van der Waals surface area (Å²) in [7, 11) is 3.17. The van der Waals surface area contributed by atoms with Crippen LogP contribution in [0.5, 0.6) is 0 Å². The van der Waals surface area contributed by atoms with Crippen molar-refractivity contribution >= 4 is 5.97 Å². The molecule has 0 fully saturated rings. The molecule has 0 amide bonds. The van der Waals surface area contributed by atoms with Crippen LogP contribution in [0.4, 0.5) is 0 Å². The molecular weight excluding hydrogens is 248 g/mol. The van der Waals surface area contributed by atoms with Gasteiger partial charge in [0.05, 0.1) is 13.2 Å². The molecule has 0 bridgehead atoms. The third-order valence-electron chi connectivity index (χ3n) is 2.71. The zero-order valence-electron chi connectivity index (χ0n) is 11.5. The van der Waals surface area contributed by atoms with Gasteiger partial charge in [0.2, 0.25) is 0 Å². The van der Waals surface area contributed by atoms with Crippen LogP contribution in [0.1, 0.15) is 30.3 Å². The highest BCUT2D eigenvalue weighted by molar-refractivity contribution is 5.76. The Morgan fingerprint density at radius 1 is 1.32 bits per heavy atom. The molecule has 1 aromatic carbocycles. The fraction of sp³-hybridized carbons (Fsp3) is 0.500. The Morgan fingerprint density at radius 2 is 2.00 bits per heavy atom. The third-order valence-corrected chi connectivity index (χ3v) is 2.71. The van der Waals surface area contributed by atoms with Crippen LogP contribution in [0, 0.1) is 0 Å². The topological polar surface area (TPSA) is 65.0 Å². The molecule has 2 atom stereocenters. The summed E-state index contributed by atoms with van der Waals surface area (Å²) >= 11 is 0. The van der Waals surface area contributed by atoms with Crippen molar-refractivity contribution in [2.75, 3.05) is 27.4 Å². The van der Waals surface area contributed by atoms with Crippen molar-refractivity contribution in [3.05, 3.63) is 35.4 Å². The smallest absolute Gasteiger partial charge is 0.339 e. The van der Waals surface area contributed by atoms with E-state index in [9.17, 15) is 9.90 Å². The second-order valence-corrected chi connectivity index (χ2v) is 4.00. The van der Waals surface area contributed by atoms with Crippen molar-refractivity contribution in [1.82, 2.24) is 0 Å². The van der Waals surface area contributed by atoms with E-state index in [1.54, 1.807) is 39.3 Å². The highest BCUT2D eigenvalue weighted by atomic mass is 16.5. The van der Waals surface area contributed by atoms with Crippen LogP contribution in [0.2, 0.25) is 0 Å². The largest absolute Gasteiger partial charge is 0.464 e. The van der Waals surface area contributed by atoms with E-state index in [1.165, 1.54) is 0 Å². The predicted octanol–water partition coefficient (Wildman–Crippen LogP) is 1.62. The summed E-state index contributed by atoms with van der Waals surface area (Å²) in [6, 6.07) is 7.00. The minimum atomic E-state index is -1.28. The van der Waals surface area contributed by atoms with Gasteiger partial charge < -0.3 is 19.3 Å². The molecule has 5 nitrogen and oxygen atoms in total. The van der Waals surface area contributed by atoms with Crippen LogP contribution in [0.3, 0.4) is 0 Å². The summed E-state index contributed by atoms with van der Waals surface area (Å²) in [5.74, 6) is -0.652. The quantitative estimate of drug-likeness (QED) is 0.761. The number of esters is 1. The van der Waals surface area contributed by atoms with Crippen LogP contribution >= 0.6 is 0 Å². The van der Waals surface area contributed by atoms with E-state index >= 15 is 0 Å². The van der Waals surface area contributed by atoms with Gasteiger partial charge in [-0.3, -0.25) is 0 Å². The first-order valence-corrected chi connectivity index (χ1v) is 6.10. The Labute approximate surface area is 113 Å². The Bertz CT molecular complexity index is 405. The number of carbonyl (C=O) groups is 1. The van der Waals surface area contributed by atoms with Crippen molar-refractivity contribution in [2.45, 2.75) is 19.1 Å². The van der Waals surface area contributed by atoms with Crippen LogP contribution in [-0.2, 0) is 19.0 Å². The maximum atomic E-state index is 11.5. The fourth-order valence-electron chi connectivity index (χ4n) is 1.74. The molecule has 0 aliphatic carbocycles. The number of aliphatic hydroxyl groups is 1. The molecule has 1 rings (SSSR count). The van der Waals surface area contributed by atoms with Crippen molar-refractivity contribution < 1.29 is 24.1 Å². The van der Waals surface area contributed by atoms with Crippen molar-refractivity contribution in [3.63, 3.8) is 0 Å². The van der Waals surface area contributed by atoms with Gasteiger partial charge in [-0.25, -0.2) is 4.79 Å². The van der Waals surface area contributed by atoms with E-state index in [2.05, 4.69) is 0 Å². The summed E-state index contributed by atoms with van der Waals surface area (Å²) in [6.07, 6.45) is -1.51. The summed E-state index contributed by atoms with van der Waals surface area (Å²) in [5.41, 5.74) is 1.32. The highest BCUT2D eigenvalue weighted by Crippen LogP contribution is 2.22. The maximum Gasteiger partial charge on any atom is 0.339 e. The number of methoxy groups -OCH3 is 2. The summed E-state index contributed by atoms with van der Waals surface area (Å²) < 4.78 is 15.1. The number of ether oxygens (including phenoxy) is 3. The summed E-state index contributed by atoms with van der Waals surface area (Å²) in [4.78, 5) is 11.5. The number of hydrogen-bond donors (Lipinski definition) is 1. The maximum absolute atomic E-state index is 11.5. The number of aliphatic hydroxyl groups excluding tert-OH is 1. The molecule has 0 aromatic heterocycles. The number of hydrogen-bond acceptors (Lipinski definition) is 5. The van der Waals surface area contributed by atoms with E-state index in [0.717, 1.165) is 5.56 Å². The molecule has 0 aliphatic rings. The average Bonchev–Trinajstić information content (AvgIpc) is 2.44. The zero-order valence-corrected chi connectivity index (χ0v) is 11.5. The minimum absolute atomic E-state index is 0.236. The first kappa shape index (κ1) is 15.6. The standard InChI is InChI=1S/C14H20O5/c1-4-19-14(16)13(15)11-7-5-6-10(8-11)12(18-3)9-17-2/h5-8,12-13,15H,4,9H2,1-3H3. The Kier molecular flexibility index (Phi) is 6.49. The molecule has 0 saturated carbocycles. The lowest BCUT2D eigenvalue weighted by atomic mass is 10.0. The lowest BCUT2D eigenvalue weighted by Crippen LogP contribution is -2.16. The normalized spacial score (nSPS) is 13.9. The lowest BCUT2D eigenvalue weighted by molar-refractivity contribution is -0.153. The number of rotatable bonds is 7. The summed E-state index contributed by atoms with van der Waals surface area (Å²) in [6.45, 7) is 2.33. The van der Waals surface area contributed by atoms with Gasteiger partial charge in [0.1, 0.15) is 6.10 Å². The second-order valence-electron chi connectivity index (χ2n) is 4.00. The van der Waals surface area contributed by atoms with Gasteiger partial charge in [-0.15, -0.1) is 0 Å². The van der Waals surface area contributed by atoms with Crippen LogP contribution in [-0.4, -0.2) is 38.5 Å². The van der Waals surface area contributed by atoms with E-state index in [0.29, 0.717) is 12.2 Å². The Morgan fingerprint density at radius 3 is 2.58 bits per heavy atom. The second kappa shape index (κ2) is 7.89. The van der Waals surface area contributed by atoms with Gasteiger partial charge in [-0.2, -0.15) is 0 Å². The van der Waals surface area contributed by atoms with Crippen molar-refractivity contribution in [2.24, 2.45) is 0 Å². The van der Waals surface area contributed by atoms with E-state index in [4.69, 9.17) is 14.2 Å². The molecule has 19 heavy (non-hydrogen) atoms. The third kappa shape index (κ3) is 4.31. The molecule has 0 spiro atoms. The first-order valence-electron chi connectivity index (χ1n) is 6.10. The van der Waals surface area contributed by atoms with E-state index in [-0.39, 0.29) is 12.7 Å². The number of carbonyl (C=O) groups excluding carboxylic acids is 1. The van der Waals surface area contributed by atoms with Crippen LogP contribution < -0.4 is 0 Å². The SMILES string of the molecule is CCOC(=O)C(O)c1cccc(C(COC)OC)c1. The van der Waals surface area contributed by atoms with E-state index in [1.807, 2.05) is 6.07 Å². The van der Waals surface area contributed by atoms with Gasteiger partial charge in [0.15, 0.2) is 6.10 Å². The molecular formula is C14H20O5. The Hall–Kier alpha value is -1.43. The highest BCUT2D eigenvalue weighted by Gasteiger charge is 2.20. The molecule has 0 heterocycles. The monoisotopic (exact) mass is 268 g/mol. The average molecular weight is 268 g/mol. The molecule has 106 valence electrons. The molecule has 1 aromatic rings. The molecule has 0 aliphatic heterocycles. The van der Waals surface area contributed by atoms with Crippen molar-refractivity contribution in [1.29, 1.82) is 0 Å². The Balaban J connectivity index is 2.89. The fourth-order valence-corrected chi connectivity index (χ4v) is 1.74. The molecule has 0 radical (unpaired) electrons. The zero-order chi connectivity index (χ0) is 14.3. The molecule has 5 heteroatoms. The van der Waals surface area contributed by atoms with Gasteiger partial charge in [0.25, 0.3) is 0 Å². The van der Waals surface area contributed by atoms with Gasteiger partial charge >= 0.3 is 5.97 Å². The number of benzene rings is 1.